The van der Waals surface area contributed by atoms with E-state index in [1.165, 1.54) is 11.0 Å². The molecule has 30 heavy (non-hydrogen) atoms. The van der Waals surface area contributed by atoms with Crippen LogP contribution in [0.3, 0.4) is 0 Å². The number of ether oxygens (including phenoxy) is 1. The number of nitro groups is 1. The molecule has 0 N–H and O–H groups in total. The maximum Gasteiger partial charge on any atom is 0.309 e. The number of esters is 1. The number of likely N-dealkylation sites (N-methyl/N-ethyl adjacent to an activating group) is 1. The van der Waals surface area contributed by atoms with Crippen LogP contribution in [0.4, 0.5) is 11.4 Å². The Morgan fingerprint density at radius 3 is 2.40 bits per heavy atom. The molecule has 158 valence electrons. The average Bonchev–Trinajstić information content (AvgIpc) is 2.78. The minimum absolute atomic E-state index is 0.0607. The predicted octanol–water partition coefficient (Wildman–Crippen LogP) is 3.01. The molecule has 1 aliphatic heterocycles. The van der Waals surface area contributed by atoms with Crippen LogP contribution in [0.25, 0.3) is 0 Å². The zero-order valence-electron chi connectivity index (χ0n) is 16.9. The van der Waals surface area contributed by atoms with Crippen LogP contribution in [-0.2, 0) is 20.9 Å². The van der Waals surface area contributed by atoms with E-state index in [-0.39, 0.29) is 24.1 Å². The number of nitrogens with zero attached hydrogens (tertiary/aromatic N) is 3. The molecule has 0 bridgehead atoms. The molecule has 1 fully saturated rings. The fraction of sp³-hybridized carbons (Fsp3) is 0.364. The van der Waals surface area contributed by atoms with Crippen molar-refractivity contribution < 1.29 is 19.2 Å². The second-order valence-corrected chi connectivity index (χ2v) is 7.35. The van der Waals surface area contributed by atoms with Crippen molar-refractivity contribution >= 4 is 23.3 Å². The van der Waals surface area contributed by atoms with Gasteiger partial charge in [-0.05, 0) is 24.5 Å². The van der Waals surface area contributed by atoms with Crippen LogP contribution >= 0.6 is 0 Å². The van der Waals surface area contributed by atoms with E-state index in [0.717, 1.165) is 5.56 Å². The average molecular weight is 411 g/mol. The first-order chi connectivity index (χ1) is 14.5. The topological polar surface area (TPSA) is 93.0 Å². The SMILES string of the molecule is CN(Cc1ccccc1)C(=O)COC(=O)C1CCN(c2ccccc2[N+](=O)[O-])CC1. The predicted molar refractivity (Wildman–Crippen MR) is 112 cm³/mol. The molecule has 2 aromatic carbocycles. The van der Waals surface area contributed by atoms with Gasteiger partial charge >= 0.3 is 5.97 Å². The summed E-state index contributed by atoms with van der Waals surface area (Å²) in [6, 6.07) is 16.2. The van der Waals surface area contributed by atoms with E-state index in [0.29, 0.717) is 38.2 Å². The maximum absolute atomic E-state index is 12.4. The Kier molecular flexibility index (Phi) is 7.00. The minimum Gasteiger partial charge on any atom is -0.455 e. The summed E-state index contributed by atoms with van der Waals surface area (Å²) in [4.78, 5) is 38.9. The Morgan fingerprint density at radius 1 is 1.10 bits per heavy atom. The van der Waals surface area contributed by atoms with Crippen LogP contribution in [0, 0.1) is 16.0 Å². The molecular weight excluding hydrogens is 386 g/mol. The van der Waals surface area contributed by atoms with Gasteiger partial charge < -0.3 is 14.5 Å². The minimum atomic E-state index is -0.396. The molecule has 1 aliphatic rings. The van der Waals surface area contributed by atoms with Gasteiger partial charge in [-0.25, -0.2) is 0 Å². The summed E-state index contributed by atoms with van der Waals surface area (Å²) in [6.07, 6.45) is 1.05. The number of amides is 1. The van der Waals surface area contributed by atoms with Gasteiger partial charge in [-0.15, -0.1) is 0 Å². The van der Waals surface area contributed by atoms with Gasteiger partial charge in [0.25, 0.3) is 11.6 Å². The van der Waals surface area contributed by atoms with Crippen molar-refractivity contribution in [3.8, 4) is 0 Å². The third kappa shape index (κ3) is 5.34. The van der Waals surface area contributed by atoms with Gasteiger partial charge in [0, 0.05) is 32.7 Å². The molecule has 1 heterocycles. The van der Waals surface area contributed by atoms with E-state index >= 15 is 0 Å². The van der Waals surface area contributed by atoms with E-state index in [4.69, 9.17) is 4.74 Å². The normalized spacial score (nSPS) is 14.2. The van der Waals surface area contributed by atoms with Gasteiger partial charge in [0.05, 0.1) is 10.8 Å². The molecule has 8 nitrogen and oxygen atoms in total. The molecule has 1 amide bonds. The van der Waals surface area contributed by atoms with Crippen LogP contribution in [0.2, 0.25) is 0 Å². The fourth-order valence-electron chi connectivity index (χ4n) is 3.55. The highest BCUT2D eigenvalue weighted by Crippen LogP contribution is 2.31. The van der Waals surface area contributed by atoms with E-state index in [1.807, 2.05) is 35.2 Å². The van der Waals surface area contributed by atoms with Gasteiger partial charge in [0.2, 0.25) is 0 Å². The van der Waals surface area contributed by atoms with Crippen molar-refractivity contribution in [3.63, 3.8) is 0 Å². The lowest BCUT2D eigenvalue weighted by atomic mass is 9.96. The number of anilines is 1. The van der Waals surface area contributed by atoms with Crippen LogP contribution in [-0.4, -0.2) is 48.4 Å². The summed E-state index contributed by atoms with van der Waals surface area (Å²) in [5, 5.41) is 11.2. The van der Waals surface area contributed by atoms with E-state index < -0.39 is 10.9 Å². The third-order valence-electron chi connectivity index (χ3n) is 5.27. The van der Waals surface area contributed by atoms with Crippen molar-refractivity contribution in [2.75, 3.05) is 31.6 Å². The summed E-state index contributed by atoms with van der Waals surface area (Å²) >= 11 is 0. The molecule has 0 spiro atoms. The van der Waals surface area contributed by atoms with Crippen molar-refractivity contribution in [3.05, 3.63) is 70.3 Å². The number of hydrogen-bond donors (Lipinski definition) is 0. The second-order valence-electron chi connectivity index (χ2n) is 7.35. The first kappa shape index (κ1) is 21.3. The van der Waals surface area contributed by atoms with Gasteiger partial charge in [0.15, 0.2) is 6.61 Å². The first-order valence-corrected chi connectivity index (χ1v) is 9.88. The van der Waals surface area contributed by atoms with Gasteiger partial charge in [0.1, 0.15) is 5.69 Å². The number of hydrogen-bond acceptors (Lipinski definition) is 6. The number of benzene rings is 2. The lowest BCUT2D eigenvalue weighted by Crippen LogP contribution is -2.38. The Labute approximate surface area is 175 Å². The molecule has 0 unspecified atom stereocenters. The van der Waals surface area contributed by atoms with Crippen molar-refractivity contribution in [1.82, 2.24) is 4.90 Å². The molecule has 0 atom stereocenters. The molecule has 1 saturated heterocycles. The summed E-state index contributed by atoms with van der Waals surface area (Å²) < 4.78 is 5.25. The fourth-order valence-corrected chi connectivity index (χ4v) is 3.55. The monoisotopic (exact) mass is 411 g/mol. The lowest BCUT2D eigenvalue weighted by Gasteiger charge is -2.32. The Balaban J connectivity index is 1.46. The molecule has 2 aromatic rings. The Hall–Kier alpha value is -3.42. The number of rotatable bonds is 7. The van der Waals surface area contributed by atoms with Gasteiger partial charge in [-0.1, -0.05) is 42.5 Å². The highest BCUT2D eigenvalue weighted by Gasteiger charge is 2.29. The lowest BCUT2D eigenvalue weighted by molar-refractivity contribution is -0.384. The number of piperidine rings is 1. The number of carbonyl (C=O) groups excluding carboxylic acids is 2. The summed E-state index contributed by atoms with van der Waals surface area (Å²) in [5.41, 5.74) is 1.62. The van der Waals surface area contributed by atoms with E-state index in [9.17, 15) is 19.7 Å². The number of para-hydroxylation sites is 2. The molecule has 3 rings (SSSR count). The Morgan fingerprint density at radius 2 is 1.73 bits per heavy atom. The van der Waals surface area contributed by atoms with Crippen molar-refractivity contribution in [2.24, 2.45) is 5.92 Å². The highest BCUT2D eigenvalue weighted by atomic mass is 16.6. The second kappa shape index (κ2) is 9.87. The Bertz CT molecular complexity index is 895. The number of carbonyl (C=O) groups is 2. The largest absolute Gasteiger partial charge is 0.455 e. The summed E-state index contributed by atoms with van der Waals surface area (Å²) in [6.45, 7) is 1.21. The van der Waals surface area contributed by atoms with Crippen LogP contribution in [0.1, 0.15) is 18.4 Å². The van der Waals surface area contributed by atoms with Crippen LogP contribution in [0.5, 0.6) is 0 Å². The molecular formula is C22H25N3O5. The van der Waals surface area contributed by atoms with E-state index in [1.54, 1.807) is 25.2 Å². The summed E-state index contributed by atoms with van der Waals surface area (Å²) in [7, 11) is 1.68. The van der Waals surface area contributed by atoms with Gasteiger partial charge in [-0.2, -0.15) is 0 Å². The molecule has 8 heteroatoms. The smallest absolute Gasteiger partial charge is 0.309 e. The van der Waals surface area contributed by atoms with E-state index in [2.05, 4.69) is 0 Å². The molecule has 0 saturated carbocycles. The zero-order chi connectivity index (χ0) is 21.5. The zero-order valence-corrected chi connectivity index (χ0v) is 16.9. The summed E-state index contributed by atoms with van der Waals surface area (Å²) in [5.74, 6) is -0.959. The van der Waals surface area contributed by atoms with Crippen molar-refractivity contribution in [2.45, 2.75) is 19.4 Å². The van der Waals surface area contributed by atoms with Crippen molar-refractivity contribution in [1.29, 1.82) is 0 Å². The quantitative estimate of drug-likeness (QED) is 0.395. The van der Waals surface area contributed by atoms with Crippen LogP contribution in [0.15, 0.2) is 54.6 Å². The van der Waals surface area contributed by atoms with Gasteiger partial charge in [-0.3, -0.25) is 19.7 Å². The first-order valence-electron chi connectivity index (χ1n) is 9.88. The molecule has 0 radical (unpaired) electrons. The molecule has 0 aliphatic carbocycles. The standard InChI is InChI=1S/C22H25N3O5/c1-23(15-17-7-3-2-4-8-17)21(26)16-30-22(27)18-11-13-24(14-12-18)19-9-5-6-10-20(19)25(28)29/h2-10,18H,11-16H2,1H3. The molecule has 0 aromatic heterocycles. The van der Waals surface area contributed by atoms with Crippen LogP contribution < -0.4 is 4.90 Å². The highest BCUT2D eigenvalue weighted by molar-refractivity contribution is 5.81. The third-order valence-corrected chi connectivity index (χ3v) is 5.27. The maximum atomic E-state index is 12.4. The number of nitro benzene ring substituents is 1.